The van der Waals surface area contributed by atoms with Gasteiger partial charge in [-0.05, 0) is 32.4 Å². The lowest BCUT2D eigenvalue weighted by Crippen LogP contribution is -2.44. The highest BCUT2D eigenvalue weighted by Gasteiger charge is 2.39. The van der Waals surface area contributed by atoms with Crippen molar-refractivity contribution in [1.82, 2.24) is 0 Å². The van der Waals surface area contributed by atoms with Crippen molar-refractivity contribution in [3.63, 3.8) is 0 Å². The molecule has 1 aliphatic heterocycles. The van der Waals surface area contributed by atoms with Crippen LogP contribution in [0.25, 0.3) is 0 Å². The first-order valence-corrected chi connectivity index (χ1v) is 9.70. The average molecular weight is 418 g/mol. The van der Waals surface area contributed by atoms with Crippen LogP contribution in [0.5, 0.6) is 0 Å². The number of rotatable bonds is 5. The Morgan fingerprint density at radius 1 is 1.24 bits per heavy atom. The van der Waals surface area contributed by atoms with E-state index >= 15 is 0 Å². The number of benzene rings is 2. The van der Waals surface area contributed by atoms with Gasteiger partial charge in [-0.15, -0.1) is 0 Å². The van der Waals surface area contributed by atoms with Gasteiger partial charge >= 0.3 is 0 Å². The quantitative estimate of drug-likeness (QED) is 0.498. The molecule has 0 N–H and O–H groups in total. The summed E-state index contributed by atoms with van der Waals surface area (Å²) in [7, 11) is 0. The predicted octanol–water partition coefficient (Wildman–Crippen LogP) is 5.15. The second kappa shape index (κ2) is 7.91. The van der Waals surface area contributed by atoms with Crippen LogP contribution < -0.4 is 4.90 Å². The zero-order valence-corrected chi connectivity index (χ0v) is 17.2. The molecule has 0 atom stereocenters. The number of nitro benzene ring substituents is 1. The van der Waals surface area contributed by atoms with Gasteiger partial charge in [0.05, 0.1) is 21.3 Å². The van der Waals surface area contributed by atoms with Gasteiger partial charge in [0.25, 0.3) is 11.6 Å². The molecule has 1 amide bonds. The van der Waals surface area contributed by atoms with Crippen molar-refractivity contribution in [2.45, 2.75) is 39.2 Å². The fourth-order valence-corrected chi connectivity index (χ4v) is 3.67. The monoisotopic (exact) mass is 417 g/mol. The van der Waals surface area contributed by atoms with Crippen LogP contribution in [0.3, 0.4) is 0 Å². The number of nitrogens with zero attached hydrogens (tertiary/aromatic N) is 3. The maximum absolute atomic E-state index is 14.7. The number of non-ortho nitro benzene ring substituents is 1. The van der Waals surface area contributed by atoms with Crippen molar-refractivity contribution >= 4 is 34.6 Å². The molecule has 0 fully saturated rings. The molecule has 0 spiro atoms. The van der Waals surface area contributed by atoms with Gasteiger partial charge < -0.3 is 4.90 Å². The maximum Gasteiger partial charge on any atom is 0.271 e. The van der Waals surface area contributed by atoms with E-state index in [0.717, 1.165) is 6.42 Å². The number of carbonyl (C=O) groups excluding carboxylic acids is 1. The largest absolute Gasteiger partial charge is 0.308 e. The molecular weight excluding hydrogens is 397 g/mol. The summed E-state index contributed by atoms with van der Waals surface area (Å²) in [5, 5.41) is 11.5. The van der Waals surface area contributed by atoms with E-state index in [-0.39, 0.29) is 33.5 Å². The normalized spacial score (nSPS) is 15.6. The minimum Gasteiger partial charge on any atom is -0.308 e. The average Bonchev–Trinajstić information content (AvgIpc) is 2.74. The highest BCUT2D eigenvalue weighted by atomic mass is 35.5. The van der Waals surface area contributed by atoms with Gasteiger partial charge in [-0.25, -0.2) is 4.39 Å². The first-order valence-electron chi connectivity index (χ1n) is 9.32. The Labute approximate surface area is 173 Å². The Hall–Kier alpha value is -2.80. The van der Waals surface area contributed by atoms with Crippen LogP contribution in [0, 0.1) is 15.9 Å². The molecule has 0 unspecified atom stereocenters. The smallest absolute Gasteiger partial charge is 0.271 e. The van der Waals surface area contributed by atoms with Gasteiger partial charge in [0.2, 0.25) is 0 Å². The third kappa shape index (κ3) is 3.87. The number of halogens is 2. The highest BCUT2D eigenvalue weighted by Crippen LogP contribution is 2.40. The number of fused-ring (bicyclic) bond motifs is 1. The lowest BCUT2D eigenvalue weighted by molar-refractivity contribution is -0.384. The summed E-state index contributed by atoms with van der Waals surface area (Å²) in [5.74, 6) is -0.834. The third-order valence-corrected chi connectivity index (χ3v) is 5.10. The molecule has 0 saturated heterocycles. The third-order valence-electron chi connectivity index (χ3n) is 4.81. The van der Waals surface area contributed by atoms with E-state index in [9.17, 15) is 19.3 Å². The summed E-state index contributed by atoms with van der Waals surface area (Å²) in [6.07, 6.45) is 1.55. The second-order valence-electron chi connectivity index (χ2n) is 7.39. The molecule has 0 aliphatic carbocycles. The molecule has 152 valence electrons. The van der Waals surface area contributed by atoms with Crippen LogP contribution in [-0.2, 0) is 4.79 Å². The number of anilines is 1. The first kappa shape index (κ1) is 20.9. The Kier molecular flexibility index (Phi) is 5.71. The van der Waals surface area contributed by atoms with Crippen LogP contribution in [0.2, 0.25) is 5.02 Å². The molecule has 1 aliphatic rings. The number of nitro groups is 1. The van der Waals surface area contributed by atoms with Gasteiger partial charge in [-0.3, -0.25) is 19.9 Å². The predicted molar refractivity (Wildman–Crippen MR) is 111 cm³/mol. The zero-order valence-electron chi connectivity index (χ0n) is 16.4. The number of hydrogen-bond acceptors (Lipinski definition) is 4. The Bertz CT molecular complexity index is 1020. The van der Waals surface area contributed by atoms with E-state index in [1.807, 2.05) is 6.92 Å². The number of aliphatic imine (C=N–C) groups is 1. The summed E-state index contributed by atoms with van der Waals surface area (Å²) in [6, 6.07) is 8.53. The summed E-state index contributed by atoms with van der Waals surface area (Å²) < 4.78 is 14.7. The molecule has 0 radical (unpaired) electrons. The van der Waals surface area contributed by atoms with Crippen molar-refractivity contribution in [2.24, 2.45) is 4.99 Å². The van der Waals surface area contributed by atoms with Gasteiger partial charge in [-0.2, -0.15) is 0 Å². The number of unbranched alkanes of at least 4 members (excludes halogenated alkanes) is 1. The van der Waals surface area contributed by atoms with Crippen molar-refractivity contribution < 1.29 is 14.1 Å². The van der Waals surface area contributed by atoms with Crippen molar-refractivity contribution in [1.29, 1.82) is 0 Å². The van der Waals surface area contributed by atoms with E-state index in [4.69, 9.17) is 11.6 Å². The summed E-state index contributed by atoms with van der Waals surface area (Å²) in [6.45, 7) is 5.66. The summed E-state index contributed by atoms with van der Waals surface area (Å²) >= 11 is 6.44. The molecule has 6 nitrogen and oxygen atoms in total. The molecule has 0 aromatic heterocycles. The lowest BCUT2D eigenvalue weighted by atomic mass is 9.98. The minimum absolute atomic E-state index is 0.0559. The molecular formula is C21H21ClFN3O3. The number of hydrogen-bond donors (Lipinski definition) is 0. The van der Waals surface area contributed by atoms with Crippen molar-refractivity contribution in [2.75, 3.05) is 11.4 Å². The van der Waals surface area contributed by atoms with Crippen LogP contribution in [0.15, 0.2) is 41.4 Å². The first-order chi connectivity index (χ1) is 13.7. The summed E-state index contributed by atoms with van der Waals surface area (Å²) in [4.78, 5) is 30.2. The summed E-state index contributed by atoms with van der Waals surface area (Å²) in [5.41, 5.74) is -0.541. The number of carbonyl (C=O) groups is 1. The standard InChI is InChI=1S/C21H21ClFN3O3/c1-4-5-10-25-19-15(11-13(26(28)29)12-16(19)22)18(24-21(2,3)20(25)27)14-8-6-7-9-17(14)23/h6-9,11-12H,4-5,10H2,1-3H3. The molecule has 2 aromatic rings. The Morgan fingerprint density at radius 3 is 2.55 bits per heavy atom. The van der Waals surface area contributed by atoms with E-state index < -0.39 is 16.3 Å². The topological polar surface area (TPSA) is 75.8 Å². The van der Waals surface area contributed by atoms with Crippen molar-refractivity contribution in [3.8, 4) is 0 Å². The van der Waals surface area contributed by atoms with Gasteiger partial charge in [0.1, 0.15) is 11.4 Å². The van der Waals surface area contributed by atoms with Crippen LogP contribution in [0.1, 0.15) is 44.7 Å². The van der Waals surface area contributed by atoms with Crippen LogP contribution in [-0.4, -0.2) is 28.6 Å². The van der Waals surface area contributed by atoms with Crippen molar-refractivity contribution in [3.05, 3.63) is 68.5 Å². The molecule has 3 rings (SSSR count). The fourth-order valence-electron chi connectivity index (χ4n) is 3.35. The minimum atomic E-state index is -1.21. The maximum atomic E-state index is 14.7. The Balaban J connectivity index is 2.39. The van der Waals surface area contributed by atoms with Gasteiger partial charge in [-0.1, -0.05) is 37.1 Å². The fraction of sp³-hybridized carbons (Fsp3) is 0.333. The molecule has 8 heteroatoms. The molecule has 2 aromatic carbocycles. The van der Waals surface area contributed by atoms with E-state index in [1.165, 1.54) is 29.2 Å². The van der Waals surface area contributed by atoms with Crippen LogP contribution >= 0.6 is 11.6 Å². The van der Waals surface area contributed by atoms with E-state index in [1.54, 1.807) is 26.0 Å². The molecule has 0 bridgehead atoms. The number of benzodiazepines with no additional fused rings is 1. The van der Waals surface area contributed by atoms with E-state index in [2.05, 4.69) is 4.99 Å². The van der Waals surface area contributed by atoms with E-state index in [0.29, 0.717) is 18.7 Å². The number of amides is 1. The molecule has 0 saturated carbocycles. The second-order valence-corrected chi connectivity index (χ2v) is 7.80. The van der Waals surface area contributed by atoms with Crippen LogP contribution in [0.4, 0.5) is 15.8 Å². The molecule has 1 heterocycles. The van der Waals surface area contributed by atoms with Gasteiger partial charge in [0, 0.05) is 29.8 Å². The zero-order chi connectivity index (χ0) is 21.3. The van der Waals surface area contributed by atoms with Gasteiger partial charge in [0.15, 0.2) is 0 Å². The highest BCUT2D eigenvalue weighted by molar-refractivity contribution is 6.36. The SMILES string of the molecule is CCCCN1C(=O)C(C)(C)N=C(c2ccccc2F)c2cc([N+](=O)[O-])cc(Cl)c21. The lowest BCUT2D eigenvalue weighted by Gasteiger charge is -2.28. The molecule has 29 heavy (non-hydrogen) atoms. The Morgan fingerprint density at radius 2 is 1.93 bits per heavy atom.